The van der Waals surface area contributed by atoms with Crippen molar-refractivity contribution in [2.45, 2.75) is 76.0 Å². The minimum absolute atomic E-state index is 0.0124. The van der Waals surface area contributed by atoms with Gasteiger partial charge in [0.2, 0.25) is 5.89 Å². The van der Waals surface area contributed by atoms with Gasteiger partial charge in [-0.05, 0) is 63.8 Å². The van der Waals surface area contributed by atoms with Gasteiger partial charge in [-0.2, -0.15) is 4.98 Å². The van der Waals surface area contributed by atoms with Crippen LogP contribution in [0.1, 0.15) is 80.8 Å². The molecule has 3 fully saturated rings. The highest BCUT2D eigenvalue weighted by Crippen LogP contribution is 2.37. The Balaban J connectivity index is 1.41. The highest BCUT2D eigenvalue weighted by atomic mass is 16.5. The zero-order valence-corrected chi connectivity index (χ0v) is 14.9. The van der Waals surface area contributed by atoms with Gasteiger partial charge in [0.15, 0.2) is 0 Å². The second kappa shape index (κ2) is 6.68. The predicted octanol–water partition coefficient (Wildman–Crippen LogP) is 2.04. The minimum atomic E-state index is -0.610. The predicted molar refractivity (Wildman–Crippen MR) is 90.9 cm³/mol. The maximum absolute atomic E-state index is 12.1. The molecule has 7 nitrogen and oxygen atoms in total. The summed E-state index contributed by atoms with van der Waals surface area (Å²) in [5, 5.41) is 17.7. The van der Waals surface area contributed by atoms with Crippen molar-refractivity contribution in [3.05, 3.63) is 11.7 Å². The molecule has 2 aliphatic carbocycles. The Morgan fingerprint density at radius 1 is 1.32 bits per heavy atom. The molecule has 0 radical (unpaired) electrons. The molecule has 2 heterocycles. The van der Waals surface area contributed by atoms with Crippen molar-refractivity contribution in [3.8, 4) is 0 Å². The number of likely N-dealkylation sites (tertiary alicyclic amines) is 1. The average molecular weight is 348 g/mol. The van der Waals surface area contributed by atoms with Gasteiger partial charge in [-0.3, -0.25) is 9.69 Å². The topological polar surface area (TPSA) is 91.5 Å². The van der Waals surface area contributed by atoms with E-state index in [0.717, 1.165) is 57.9 Å². The zero-order valence-electron chi connectivity index (χ0n) is 14.9. The first-order valence-corrected chi connectivity index (χ1v) is 9.63. The summed E-state index contributed by atoms with van der Waals surface area (Å²) in [5.41, 5.74) is -0.610. The molecule has 25 heavy (non-hydrogen) atoms. The summed E-state index contributed by atoms with van der Waals surface area (Å²) >= 11 is 0. The Morgan fingerprint density at radius 3 is 2.80 bits per heavy atom. The third-order valence-electron chi connectivity index (χ3n) is 5.91. The number of hydrogen-bond acceptors (Lipinski definition) is 6. The molecule has 1 atom stereocenters. The number of aromatic nitrogens is 2. The lowest BCUT2D eigenvalue weighted by atomic mass is 9.79. The summed E-state index contributed by atoms with van der Waals surface area (Å²) in [5.74, 6) is 1.09. The summed E-state index contributed by atoms with van der Waals surface area (Å²) in [4.78, 5) is 18.6. The number of β-amino-alcohol motifs (C(OH)–C–C–N with tert-alkyl or cyclic N) is 1. The van der Waals surface area contributed by atoms with Crippen LogP contribution in [0.25, 0.3) is 0 Å². The monoisotopic (exact) mass is 348 g/mol. The lowest BCUT2D eigenvalue weighted by Crippen LogP contribution is -2.45. The first-order valence-electron chi connectivity index (χ1n) is 9.63. The fourth-order valence-electron chi connectivity index (χ4n) is 4.07. The van der Waals surface area contributed by atoms with E-state index in [1.807, 2.05) is 0 Å². The highest BCUT2D eigenvalue weighted by Gasteiger charge is 2.39. The Morgan fingerprint density at radius 2 is 2.08 bits per heavy atom. The normalized spacial score (nSPS) is 33.5. The molecule has 0 spiro atoms. The van der Waals surface area contributed by atoms with Gasteiger partial charge in [0.1, 0.15) is 0 Å². The largest absolute Gasteiger partial charge is 0.389 e. The van der Waals surface area contributed by atoms with Crippen molar-refractivity contribution in [3.63, 3.8) is 0 Å². The van der Waals surface area contributed by atoms with Crippen molar-refractivity contribution < 1.29 is 14.4 Å². The number of carbonyl (C=O) groups excluding carboxylic acids is 1. The number of rotatable bonds is 5. The molecule has 0 aromatic carbocycles. The van der Waals surface area contributed by atoms with E-state index in [1.54, 1.807) is 0 Å². The third-order valence-corrected chi connectivity index (χ3v) is 5.91. The number of aliphatic hydroxyl groups is 1. The quantitative estimate of drug-likeness (QED) is 0.846. The van der Waals surface area contributed by atoms with Crippen LogP contribution in [-0.2, 0) is 0 Å². The van der Waals surface area contributed by atoms with E-state index in [-0.39, 0.29) is 23.8 Å². The maximum atomic E-state index is 12.1. The maximum Gasteiger partial charge on any atom is 0.292 e. The van der Waals surface area contributed by atoms with Gasteiger partial charge >= 0.3 is 0 Å². The summed E-state index contributed by atoms with van der Waals surface area (Å²) in [6.07, 6.45) is 7.92. The lowest BCUT2D eigenvalue weighted by Gasteiger charge is -2.38. The van der Waals surface area contributed by atoms with Gasteiger partial charge in [0.25, 0.3) is 11.7 Å². The first-order chi connectivity index (χ1) is 12.0. The minimum Gasteiger partial charge on any atom is -0.389 e. The molecule has 1 saturated heterocycles. The van der Waals surface area contributed by atoms with Gasteiger partial charge in [-0.15, -0.1) is 0 Å². The average Bonchev–Trinajstić information content (AvgIpc) is 3.09. The number of nitrogens with one attached hydrogen (secondary N) is 1. The highest BCUT2D eigenvalue weighted by molar-refractivity contribution is 5.90. The van der Waals surface area contributed by atoms with Crippen LogP contribution >= 0.6 is 0 Å². The second-order valence-corrected chi connectivity index (χ2v) is 8.24. The Kier molecular flexibility index (Phi) is 4.54. The SMILES string of the molecule is CC1CCC(O)(CN2CCC[C@H]2c2nc(C(=O)NC3CC3)no2)CC1. The van der Waals surface area contributed by atoms with Crippen molar-refractivity contribution >= 4 is 5.91 Å². The zero-order chi connectivity index (χ0) is 17.4. The van der Waals surface area contributed by atoms with Gasteiger partial charge < -0.3 is 14.9 Å². The summed E-state index contributed by atoms with van der Waals surface area (Å²) in [6, 6.07) is 0.290. The molecule has 1 aromatic rings. The summed E-state index contributed by atoms with van der Waals surface area (Å²) in [7, 11) is 0. The molecule has 3 aliphatic rings. The Hall–Kier alpha value is -1.47. The molecule has 1 amide bonds. The van der Waals surface area contributed by atoms with Gasteiger partial charge in [-0.1, -0.05) is 12.1 Å². The van der Waals surface area contributed by atoms with Crippen molar-refractivity contribution in [1.82, 2.24) is 20.4 Å². The molecular weight excluding hydrogens is 320 g/mol. The molecule has 138 valence electrons. The van der Waals surface area contributed by atoms with Crippen LogP contribution in [0.15, 0.2) is 4.52 Å². The third kappa shape index (κ3) is 3.87. The van der Waals surface area contributed by atoms with Crippen LogP contribution in [0, 0.1) is 5.92 Å². The number of hydrogen-bond donors (Lipinski definition) is 2. The summed E-state index contributed by atoms with van der Waals surface area (Å²) < 4.78 is 5.40. The van der Waals surface area contributed by atoms with Gasteiger partial charge in [0, 0.05) is 12.6 Å². The Bertz CT molecular complexity index is 620. The van der Waals surface area contributed by atoms with Crippen LogP contribution in [0.5, 0.6) is 0 Å². The van der Waals surface area contributed by atoms with Crippen LogP contribution in [0.4, 0.5) is 0 Å². The fourth-order valence-corrected chi connectivity index (χ4v) is 4.07. The van der Waals surface area contributed by atoms with Gasteiger partial charge in [-0.25, -0.2) is 0 Å². The van der Waals surface area contributed by atoms with E-state index < -0.39 is 5.60 Å². The van der Waals surface area contributed by atoms with Crippen LogP contribution in [0.2, 0.25) is 0 Å². The lowest BCUT2D eigenvalue weighted by molar-refractivity contribution is -0.0398. The molecule has 1 aliphatic heterocycles. The van der Waals surface area contributed by atoms with E-state index in [9.17, 15) is 9.90 Å². The van der Waals surface area contributed by atoms with Crippen molar-refractivity contribution in [1.29, 1.82) is 0 Å². The molecule has 7 heteroatoms. The number of amides is 1. The van der Waals surface area contributed by atoms with E-state index in [4.69, 9.17) is 4.52 Å². The van der Waals surface area contributed by atoms with Gasteiger partial charge in [0.05, 0.1) is 11.6 Å². The Labute approximate surface area is 148 Å². The first kappa shape index (κ1) is 17.0. The van der Waals surface area contributed by atoms with E-state index in [1.165, 1.54) is 0 Å². The number of nitrogens with zero attached hydrogens (tertiary/aromatic N) is 3. The molecule has 4 rings (SSSR count). The van der Waals surface area contributed by atoms with Crippen molar-refractivity contribution in [2.75, 3.05) is 13.1 Å². The standard InChI is InChI=1S/C18H28N4O3/c1-12-6-8-18(24,9-7-12)11-22-10-2-3-14(22)17-20-15(21-25-17)16(23)19-13-4-5-13/h12-14,24H,2-11H2,1H3,(H,19,23)/t12?,14-,18?/m0/s1. The van der Waals surface area contributed by atoms with Crippen LogP contribution < -0.4 is 5.32 Å². The van der Waals surface area contributed by atoms with Crippen LogP contribution in [-0.4, -0.2) is 50.8 Å². The van der Waals surface area contributed by atoms with E-state index >= 15 is 0 Å². The van der Waals surface area contributed by atoms with Crippen LogP contribution in [0.3, 0.4) is 0 Å². The smallest absolute Gasteiger partial charge is 0.292 e. The summed E-state index contributed by atoms with van der Waals surface area (Å²) in [6.45, 7) is 3.83. The fraction of sp³-hybridized carbons (Fsp3) is 0.833. The second-order valence-electron chi connectivity index (χ2n) is 8.24. The van der Waals surface area contributed by atoms with E-state index in [2.05, 4.69) is 27.3 Å². The van der Waals surface area contributed by atoms with Crippen molar-refractivity contribution in [2.24, 2.45) is 5.92 Å². The molecule has 0 bridgehead atoms. The molecule has 0 unspecified atom stereocenters. The molecule has 2 N–H and O–H groups in total. The molecule has 2 saturated carbocycles. The number of carbonyl (C=O) groups is 1. The van der Waals surface area contributed by atoms with E-state index in [0.29, 0.717) is 18.4 Å². The molecular formula is C18H28N4O3. The molecule has 1 aromatic heterocycles.